The minimum absolute atomic E-state index is 0.0674. The highest BCUT2D eigenvalue weighted by Gasteiger charge is 2.24. The molecule has 1 heterocycles. The van der Waals surface area contributed by atoms with E-state index in [4.69, 9.17) is 4.42 Å². The predicted molar refractivity (Wildman–Crippen MR) is 72.8 cm³/mol. The predicted octanol–water partition coefficient (Wildman–Crippen LogP) is 2.89. The number of rotatable bonds is 5. The molecule has 1 aromatic heterocycles. The molecule has 96 valence electrons. The maximum atomic E-state index is 10.9. The summed E-state index contributed by atoms with van der Waals surface area (Å²) in [6.45, 7) is 7.05. The summed E-state index contributed by atoms with van der Waals surface area (Å²) in [5, 5.41) is 4.33. The van der Waals surface area contributed by atoms with Crippen LogP contribution < -0.4 is 5.32 Å². The number of ketones is 1. The van der Waals surface area contributed by atoms with Crippen LogP contribution in [-0.4, -0.2) is 18.9 Å². The van der Waals surface area contributed by atoms with Gasteiger partial charge >= 0.3 is 0 Å². The zero-order valence-electron chi connectivity index (χ0n) is 11.1. The Morgan fingerprint density at radius 2 is 2.06 bits per heavy atom. The molecule has 3 heteroatoms. The highest BCUT2D eigenvalue weighted by molar-refractivity contribution is 5.82. The number of carbonyl (C=O) groups is 1. The molecule has 0 saturated carbocycles. The van der Waals surface area contributed by atoms with Gasteiger partial charge in [-0.3, -0.25) is 4.79 Å². The second-order valence-corrected chi connectivity index (χ2v) is 5.33. The van der Waals surface area contributed by atoms with Gasteiger partial charge in [-0.1, -0.05) is 32.0 Å². The normalized spacial score (nSPS) is 11.9. The molecule has 0 amide bonds. The van der Waals surface area contributed by atoms with Gasteiger partial charge in [0.25, 0.3) is 0 Å². The molecule has 1 aromatic carbocycles. The minimum atomic E-state index is -0.0674. The van der Waals surface area contributed by atoms with Gasteiger partial charge in [0, 0.05) is 22.9 Å². The number of para-hydroxylation sites is 1. The molecule has 18 heavy (non-hydrogen) atoms. The average Bonchev–Trinajstić information content (AvgIpc) is 2.72. The van der Waals surface area contributed by atoms with Crippen LogP contribution in [0.2, 0.25) is 0 Å². The van der Waals surface area contributed by atoms with Crippen LogP contribution in [0.4, 0.5) is 0 Å². The number of hydrogen-bond acceptors (Lipinski definition) is 3. The number of hydrogen-bond donors (Lipinski definition) is 1. The van der Waals surface area contributed by atoms with E-state index >= 15 is 0 Å². The number of Topliss-reactive ketones (excluding diaryl/α,β-unsaturated/α-hetero) is 1. The number of benzene rings is 1. The lowest BCUT2D eigenvalue weighted by atomic mass is 9.84. The lowest BCUT2D eigenvalue weighted by molar-refractivity contribution is -0.116. The molecule has 2 rings (SSSR count). The molecule has 2 aromatic rings. The Balaban J connectivity index is 2.20. The molecular weight excluding hydrogens is 226 g/mol. The van der Waals surface area contributed by atoms with Crippen LogP contribution in [0.25, 0.3) is 11.0 Å². The topological polar surface area (TPSA) is 42.2 Å². The molecular formula is C15H19NO2. The number of furan rings is 1. The Morgan fingerprint density at radius 3 is 2.78 bits per heavy atom. The first-order valence-electron chi connectivity index (χ1n) is 6.17. The first-order valence-corrected chi connectivity index (χ1v) is 6.17. The Morgan fingerprint density at radius 1 is 1.33 bits per heavy atom. The molecule has 0 bridgehead atoms. The van der Waals surface area contributed by atoms with Gasteiger partial charge in [0.1, 0.15) is 11.4 Å². The molecule has 0 aliphatic rings. The molecule has 0 aliphatic carbocycles. The van der Waals surface area contributed by atoms with Crippen molar-refractivity contribution in [3.8, 4) is 0 Å². The zero-order chi connectivity index (χ0) is 13.2. The van der Waals surface area contributed by atoms with Crippen molar-refractivity contribution in [2.45, 2.75) is 26.2 Å². The fourth-order valence-corrected chi connectivity index (χ4v) is 2.15. The fraction of sp³-hybridized carbons (Fsp3) is 0.400. The molecule has 0 fully saturated rings. The largest absolute Gasteiger partial charge is 0.464 e. The minimum Gasteiger partial charge on any atom is -0.464 e. The molecule has 0 unspecified atom stereocenters. The summed E-state index contributed by atoms with van der Waals surface area (Å²) in [5.74, 6) is 0.155. The zero-order valence-corrected chi connectivity index (χ0v) is 11.1. The summed E-state index contributed by atoms with van der Waals surface area (Å²) in [6, 6.07) is 8.02. The number of carbonyl (C=O) groups excluding carboxylic acids is 1. The van der Waals surface area contributed by atoms with Crippen molar-refractivity contribution in [2.24, 2.45) is 0 Å². The molecule has 0 spiro atoms. The Kier molecular flexibility index (Phi) is 3.53. The lowest BCUT2D eigenvalue weighted by Crippen LogP contribution is -2.35. The smallest absolute Gasteiger partial charge is 0.143 e. The average molecular weight is 245 g/mol. The highest BCUT2D eigenvalue weighted by atomic mass is 16.3. The van der Waals surface area contributed by atoms with Crippen molar-refractivity contribution in [3.63, 3.8) is 0 Å². The lowest BCUT2D eigenvalue weighted by Gasteiger charge is -2.24. The fourth-order valence-electron chi connectivity index (χ4n) is 2.15. The van der Waals surface area contributed by atoms with Crippen molar-refractivity contribution in [1.29, 1.82) is 0 Å². The monoisotopic (exact) mass is 245 g/mol. The number of fused-ring (bicyclic) bond motifs is 1. The van der Waals surface area contributed by atoms with Crippen molar-refractivity contribution < 1.29 is 9.21 Å². The summed E-state index contributed by atoms with van der Waals surface area (Å²) in [7, 11) is 0. The van der Waals surface area contributed by atoms with Gasteiger partial charge in [-0.15, -0.1) is 0 Å². The maximum Gasteiger partial charge on any atom is 0.143 e. The summed E-state index contributed by atoms with van der Waals surface area (Å²) < 4.78 is 5.57. The molecule has 0 saturated heterocycles. The van der Waals surface area contributed by atoms with Crippen LogP contribution in [0.5, 0.6) is 0 Å². The van der Waals surface area contributed by atoms with E-state index < -0.39 is 0 Å². The van der Waals surface area contributed by atoms with Crippen molar-refractivity contribution in [2.75, 3.05) is 13.1 Å². The SMILES string of the molecule is CC(=O)CNCC(C)(C)c1coc2ccccc12. The second kappa shape index (κ2) is 4.94. The molecule has 0 radical (unpaired) electrons. The van der Waals surface area contributed by atoms with Crippen LogP contribution in [-0.2, 0) is 10.2 Å². The summed E-state index contributed by atoms with van der Waals surface area (Å²) >= 11 is 0. The van der Waals surface area contributed by atoms with Gasteiger partial charge < -0.3 is 9.73 Å². The number of nitrogens with one attached hydrogen (secondary N) is 1. The molecule has 1 N–H and O–H groups in total. The van der Waals surface area contributed by atoms with Gasteiger partial charge in [0.15, 0.2) is 0 Å². The van der Waals surface area contributed by atoms with Crippen LogP contribution in [0.15, 0.2) is 34.9 Å². The van der Waals surface area contributed by atoms with Crippen molar-refractivity contribution in [1.82, 2.24) is 5.32 Å². The van der Waals surface area contributed by atoms with Crippen LogP contribution in [0.3, 0.4) is 0 Å². The summed E-state index contributed by atoms with van der Waals surface area (Å²) in [5.41, 5.74) is 2.02. The standard InChI is InChI=1S/C15H19NO2/c1-11(17)8-16-10-15(2,3)13-9-18-14-7-5-4-6-12(13)14/h4-7,9,16H,8,10H2,1-3H3. The maximum absolute atomic E-state index is 10.9. The van der Waals surface area contributed by atoms with E-state index in [1.54, 1.807) is 6.92 Å². The van der Waals surface area contributed by atoms with Crippen molar-refractivity contribution in [3.05, 3.63) is 36.1 Å². The van der Waals surface area contributed by atoms with Crippen LogP contribution in [0, 0.1) is 0 Å². The Hall–Kier alpha value is -1.61. The van der Waals surface area contributed by atoms with Crippen molar-refractivity contribution >= 4 is 16.8 Å². The highest BCUT2D eigenvalue weighted by Crippen LogP contribution is 2.31. The first-order chi connectivity index (χ1) is 8.50. The van der Waals surface area contributed by atoms with E-state index in [-0.39, 0.29) is 11.2 Å². The van der Waals surface area contributed by atoms with Crippen LogP contribution >= 0.6 is 0 Å². The summed E-state index contributed by atoms with van der Waals surface area (Å²) in [6.07, 6.45) is 1.82. The third kappa shape index (κ3) is 2.62. The van der Waals surface area contributed by atoms with E-state index in [1.807, 2.05) is 24.5 Å². The molecule has 0 aliphatic heterocycles. The van der Waals surface area contributed by atoms with Crippen LogP contribution in [0.1, 0.15) is 26.3 Å². The first kappa shape index (κ1) is 12.8. The Bertz CT molecular complexity index is 554. The third-order valence-electron chi connectivity index (χ3n) is 3.15. The second-order valence-electron chi connectivity index (χ2n) is 5.33. The van der Waals surface area contributed by atoms with E-state index in [0.29, 0.717) is 6.54 Å². The van der Waals surface area contributed by atoms with E-state index in [0.717, 1.165) is 17.5 Å². The molecule has 3 nitrogen and oxygen atoms in total. The van der Waals surface area contributed by atoms with Gasteiger partial charge in [-0.25, -0.2) is 0 Å². The van der Waals surface area contributed by atoms with E-state index in [1.165, 1.54) is 5.56 Å². The molecule has 0 atom stereocenters. The quantitative estimate of drug-likeness (QED) is 0.880. The third-order valence-corrected chi connectivity index (χ3v) is 3.15. The van der Waals surface area contributed by atoms with Gasteiger partial charge in [-0.05, 0) is 13.0 Å². The van der Waals surface area contributed by atoms with E-state index in [2.05, 4.69) is 25.2 Å². The van der Waals surface area contributed by atoms with E-state index in [9.17, 15) is 4.79 Å². The Labute approximate surface area is 107 Å². The van der Waals surface area contributed by atoms with Gasteiger partial charge in [0.05, 0.1) is 12.8 Å². The summed E-state index contributed by atoms with van der Waals surface area (Å²) in [4.78, 5) is 10.9. The van der Waals surface area contributed by atoms with Gasteiger partial charge in [-0.2, -0.15) is 0 Å². The van der Waals surface area contributed by atoms with Gasteiger partial charge in [0.2, 0.25) is 0 Å².